The number of nitrogens with one attached hydrogen (secondary N) is 1. The van der Waals surface area contributed by atoms with Crippen LogP contribution in [0, 0.1) is 0 Å². The molecule has 1 aliphatic rings. The molecule has 0 saturated carbocycles. The quantitative estimate of drug-likeness (QED) is 0.947. The van der Waals surface area contributed by atoms with Crippen LogP contribution in [-0.4, -0.2) is 23.3 Å². The molecule has 1 heterocycles. The lowest BCUT2D eigenvalue weighted by Gasteiger charge is -2.15. The molecule has 1 aliphatic heterocycles. The number of halogens is 1. The van der Waals surface area contributed by atoms with Crippen LogP contribution in [0.3, 0.4) is 0 Å². The van der Waals surface area contributed by atoms with Gasteiger partial charge in [-0.2, -0.15) is 0 Å². The average molecular weight is 301 g/mol. The van der Waals surface area contributed by atoms with Crippen molar-refractivity contribution in [2.24, 2.45) is 0 Å². The Morgan fingerprint density at radius 2 is 1.86 bits per heavy atom. The summed E-state index contributed by atoms with van der Waals surface area (Å²) in [6.07, 6.45) is 0. The van der Waals surface area contributed by atoms with Gasteiger partial charge in [-0.1, -0.05) is 41.9 Å². The number of carbonyl (C=O) groups is 2. The summed E-state index contributed by atoms with van der Waals surface area (Å²) in [6.45, 7) is 0.476. The van der Waals surface area contributed by atoms with Gasteiger partial charge in [-0.15, -0.1) is 0 Å². The van der Waals surface area contributed by atoms with Gasteiger partial charge in [0.15, 0.2) is 0 Å². The predicted octanol–water partition coefficient (Wildman–Crippen LogP) is 2.93. The van der Waals surface area contributed by atoms with Gasteiger partial charge in [0.25, 0.3) is 5.91 Å². The van der Waals surface area contributed by atoms with Crippen molar-refractivity contribution >= 4 is 29.1 Å². The second kappa shape index (κ2) is 5.58. The second-order valence-corrected chi connectivity index (χ2v) is 5.25. The second-order valence-electron chi connectivity index (χ2n) is 4.85. The maximum absolute atomic E-state index is 12.2. The summed E-state index contributed by atoms with van der Waals surface area (Å²) in [5.41, 5.74) is 2.17. The van der Waals surface area contributed by atoms with Gasteiger partial charge in [-0.25, -0.2) is 0 Å². The molecule has 3 rings (SSSR count). The first-order valence-electron chi connectivity index (χ1n) is 6.57. The molecule has 0 fully saturated rings. The molecule has 0 aromatic heterocycles. The summed E-state index contributed by atoms with van der Waals surface area (Å²) in [6, 6.07) is 14.4. The third-order valence-electron chi connectivity index (χ3n) is 3.38. The summed E-state index contributed by atoms with van der Waals surface area (Å²) in [7, 11) is 0. The molecule has 5 heteroatoms. The van der Waals surface area contributed by atoms with Crippen molar-refractivity contribution in [1.29, 1.82) is 0 Å². The Bertz CT molecular complexity index is 715. The van der Waals surface area contributed by atoms with Crippen LogP contribution >= 0.6 is 11.6 Å². The Hall–Kier alpha value is -2.33. The van der Waals surface area contributed by atoms with Crippen LogP contribution in [0.25, 0.3) is 0 Å². The van der Waals surface area contributed by atoms with Crippen LogP contribution in [0.15, 0.2) is 48.5 Å². The van der Waals surface area contributed by atoms with Gasteiger partial charge < -0.3 is 10.2 Å². The number of rotatable bonds is 3. The summed E-state index contributed by atoms with van der Waals surface area (Å²) in [5.74, 6) is -0.371. The highest BCUT2D eigenvalue weighted by molar-refractivity contribution is 6.33. The standard InChI is InChI=1S/C16H13ClN2O2/c17-13-7-3-4-8-14(13)18-15(20)10-19-9-11-5-1-2-6-12(11)16(19)21/h1-8H,9-10H2,(H,18,20). The first-order valence-corrected chi connectivity index (χ1v) is 6.94. The highest BCUT2D eigenvalue weighted by Crippen LogP contribution is 2.23. The maximum atomic E-state index is 12.2. The molecule has 106 valence electrons. The van der Waals surface area contributed by atoms with Gasteiger partial charge in [0.1, 0.15) is 6.54 Å². The maximum Gasteiger partial charge on any atom is 0.254 e. The third kappa shape index (κ3) is 2.76. The summed E-state index contributed by atoms with van der Waals surface area (Å²) < 4.78 is 0. The Kier molecular flexibility index (Phi) is 3.62. The summed E-state index contributed by atoms with van der Waals surface area (Å²) in [5, 5.41) is 3.19. The van der Waals surface area contributed by atoms with E-state index in [2.05, 4.69) is 5.32 Å². The Morgan fingerprint density at radius 1 is 1.14 bits per heavy atom. The lowest BCUT2D eigenvalue weighted by molar-refractivity contribution is -0.116. The first kappa shape index (κ1) is 13.6. The zero-order valence-electron chi connectivity index (χ0n) is 11.2. The number of hydrogen-bond donors (Lipinski definition) is 1. The number of carbonyl (C=O) groups excluding carboxylic acids is 2. The first-order chi connectivity index (χ1) is 10.1. The topological polar surface area (TPSA) is 49.4 Å². The number of benzene rings is 2. The molecule has 0 unspecified atom stereocenters. The van der Waals surface area contributed by atoms with Crippen molar-refractivity contribution in [3.8, 4) is 0 Å². The number of para-hydroxylation sites is 1. The van der Waals surface area contributed by atoms with Crippen LogP contribution in [0.5, 0.6) is 0 Å². The van der Waals surface area contributed by atoms with E-state index in [1.54, 1.807) is 30.3 Å². The number of anilines is 1. The third-order valence-corrected chi connectivity index (χ3v) is 3.71. The minimum Gasteiger partial charge on any atom is -0.325 e. The molecule has 0 saturated heterocycles. The molecule has 2 aromatic rings. The molecule has 0 radical (unpaired) electrons. The lowest BCUT2D eigenvalue weighted by atomic mass is 10.1. The van der Waals surface area contributed by atoms with E-state index in [1.165, 1.54) is 4.90 Å². The molecule has 4 nitrogen and oxygen atoms in total. The van der Waals surface area contributed by atoms with Gasteiger partial charge in [-0.05, 0) is 23.8 Å². The number of amides is 2. The fraction of sp³-hybridized carbons (Fsp3) is 0.125. The summed E-state index contributed by atoms with van der Waals surface area (Å²) >= 11 is 5.99. The Labute approximate surface area is 127 Å². The van der Waals surface area contributed by atoms with E-state index in [0.717, 1.165) is 5.56 Å². The molecular weight excluding hydrogens is 288 g/mol. The molecule has 2 amide bonds. The molecule has 2 aromatic carbocycles. The monoisotopic (exact) mass is 300 g/mol. The molecule has 0 spiro atoms. The number of nitrogens with zero attached hydrogens (tertiary/aromatic N) is 1. The molecule has 0 aliphatic carbocycles. The SMILES string of the molecule is O=C(CN1Cc2ccccc2C1=O)Nc1ccccc1Cl. The Balaban J connectivity index is 1.67. The van der Waals surface area contributed by atoms with Crippen LogP contribution in [-0.2, 0) is 11.3 Å². The van der Waals surface area contributed by atoms with Crippen molar-refractivity contribution in [3.05, 3.63) is 64.7 Å². The van der Waals surface area contributed by atoms with E-state index in [-0.39, 0.29) is 18.4 Å². The van der Waals surface area contributed by atoms with Gasteiger partial charge in [0.05, 0.1) is 10.7 Å². The van der Waals surface area contributed by atoms with Crippen molar-refractivity contribution in [3.63, 3.8) is 0 Å². The summed E-state index contributed by atoms with van der Waals surface area (Å²) in [4.78, 5) is 25.7. The minimum atomic E-state index is -0.260. The Morgan fingerprint density at radius 3 is 2.62 bits per heavy atom. The van der Waals surface area contributed by atoms with Gasteiger partial charge in [0, 0.05) is 12.1 Å². The van der Waals surface area contributed by atoms with Crippen LogP contribution < -0.4 is 5.32 Å². The minimum absolute atomic E-state index is 0.0126. The van der Waals surface area contributed by atoms with Gasteiger partial charge in [0.2, 0.25) is 5.91 Å². The fourth-order valence-electron chi connectivity index (χ4n) is 2.37. The van der Waals surface area contributed by atoms with E-state index in [1.807, 2.05) is 18.2 Å². The zero-order chi connectivity index (χ0) is 14.8. The highest BCUT2D eigenvalue weighted by Gasteiger charge is 2.28. The van der Waals surface area contributed by atoms with Crippen LogP contribution in [0.1, 0.15) is 15.9 Å². The number of hydrogen-bond acceptors (Lipinski definition) is 2. The zero-order valence-corrected chi connectivity index (χ0v) is 11.9. The van der Waals surface area contributed by atoms with Crippen LogP contribution in [0.4, 0.5) is 5.69 Å². The van der Waals surface area contributed by atoms with E-state index < -0.39 is 0 Å². The van der Waals surface area contributed by atoms with Crippen molar-refractivity contribution in [2.45, 2.75) is 6.54 Å². The van der Waals surface area contributed by atoms with Gasteiger partial charge >= 0.3 is 0 Å². The molecule has 0 atom stereocenters. The van der Waals surface area contributed by atoms with E-state index >= 15 is 0 Å². The highest BCUT2D eigenvalue weighted by atomic mass is 35.5. The molecular formula is C16H13ClN2O2. The number of fused-ring (bicyclic) bond motifs is 1. The van der Waals surface area contributed by atoms with E-state index in [4.69, 9.17) is 11.6 Å². The predicted molar refractivity (Wildman–Crippen MR) is 81.3 cm³/mol. The smallest absolute Gasteiger partial charge is 0.254 e. The largest absolute Gasteiger partial charge is 0.325 e. The van der Waals surface area contributed by atoms with E-state index in [0.29, 0.717) is 22.8 Å². The molecule has 21 heavy (non-hydrogen) atoms. The van der Waals surface area contributed by atoms with Gasteiger partial charge in [-0.3, -0.25) is 9.59 Å². The molecule has 1 N–H and O–H groups in total. The van der Waals surface area contributed by atoms with Crippen LogP contribution in [0.2, 0.25) is 5.02 Å². The average Bonchev–Trinajstić information content (AvgIpc) is 2.78. The van der Waals surface area contributed by atoms with E-state index in [9.17, 15) is 9.59 Å². The van der Waals surface area contributed by atoms with Crippen molar-refractivity contribution in [1.82, 2.24) is 4.90 Å². The van der Waals surface area contributed by atoms with Crippen molar-refractivity contribution in [2.75, 3.05) is 11.9 Å². The molecule has 0 bridgehead atoms. The normalized spacial score (nSPS) is 13.2. The van der Waals surface area contributed by atoms with Crippen molar-refractivity contribution < 1.29 is 9.59 Å². The lowest BCUT2D eigenvalue weighted by Crippen LogP contribution is -2.33. The fourth-order valence-corrected chi connectivity index (χ4v) is 2.55.